The Hall–Kier alpha value is -4.87. The number of aromatic nitrogens is 6. The van der Waals surface area contributed by atoms with Crippen LogP contribution in [0.2, 0.25) is 0 Å². The highest BCUT2D eigenvalue weighted by molar-refractivity contribution is 8.54. The molecule has 0 radical (unpaired) electrons. The van der Waals surface area contributed by atoms with E-state index in [1.165, 1.54) is 31.4 Å². The Labute approximate surface area is 340 Å². The first-order chi connectivity index (χ1) is 28.7. The van der Waals surface area contributed by atoms with Crippen molar-refractivity contribution in [2.45, 2.75) is 48.9 Å². The zero-order valence-corrected chi connectivity index (χ0v) is 33.8. The molecule has 0 aliphatic carbocycles. The molecule has 0 saturated carbocycles. The number of carbonyl (C=O) groups is 1. The van der Waals surface area contributed by atoms with E-state index in [1.54, 1.807) is 24.3 Å². The van der Waals surface area contributed by atoms with Crippen LogP contribution in [0.4, 0.5) is 14.6 Å². The second-order valence-corrected chi connectivity index (χ2v) is 18.4. The average molecular weight is 898 g/mol. The first kappa shape index (κ1) is 43.2. The number of phosphoric ester groups is 1. The normalized spacial score (nSPS) is 27.9. The van der Waals surface area contributed by atoms with Crippen molar-refractivity contribution in [2.24, 2.45) is 0 Å². The van der Waals surface area contributed by atoms with Gasteiger partial charge in [0.2, 0.25) is 6.30 Å². The van der Waals surface area contributed by atoms with Crippen LogP contribution in [-0.2, 0) is 42.5 Å². The predicted molar refractivity (Wildman–Crippen MR) is 206 cm³/mol. The van der Waals surface area contributed by atoms with Crippen molar-refractivity contribution in [3.8, 4) is 11.5 Å². The number of nitrogens with zero attached hydrogens (tertiary/aromatic N) is 5. The summed E-state index contributed by atoms with van der Waals surface area (Å²) in [6.45, 7) is -6.62. The Kier molecular flexibility index (Phi) is 13.0. The van der Waals surface area contributed by atoms with Gasteiger partial charge in [-0.25, -0.2) is 42.5 Å². The summed E-state index contributed by atoms with van der Waals surface area (Å²) in [4.78, 5) is 62.0. The topological polar surface area (TPSA) is 270 Å². The molecule has 3 aromatic heterocycles. The summed E-state index contributed by atoms with van der Waals surface area (Å²) in [6.07, 6.45) is -11.0. The predicted octanol–water partition coefficient (Wildman–Crippen LogP) is 3.86. The van der Waals surface area contributed by atoms with Gasteiger partial charge in [0, 0.05) is 25.1 Å². The van der Waals surface area contributed by atoms with Crippen LogP contribution in [0.15, 0.2) is 83.0 Å². The first-order valence-corrected chi connectivity index (χ1v) is 22.2. The number of rotatable bonds is 10. The Bertz CT molecular complexity index is 2550. The number of imidazole rings is 1. The van der Waals surface area contributed by atoms with Crippen LogP contribution in [0.25, 0.3) is 11.2 Å². The highest BCUT2D eigenvalue weighted by atomic mass is 32.7. The lowest BCUT2D eigenvalue weighted by Crippen LogP contribution is -2.40. The molecule has 0 amide bonds. The lowest BCUT2D eigenvalue weighted by atomic mass is 10.1. The number of fused-ring (bicyclic) bond motifs is 3. The van der Waals surface area contributed by atoms with Crippen LogP contribution in [0.5, 0.6) is 11.5 Å². The van der Waals surface area contributed by atoms with Gasteiger partial charge >= 0.3 is 26.3 Å². The first-order valence-electron chi connectivity index (χ1n) is 17.6. The summed E-state index contributed by atoms with van der Waals surface area (Å²) in [5, 5.41) is 0. The maximum Gasteiger partial charge on any atom is 0.472 e. The minimum absolute atomic E-state index is 0.00510. The van der Waals surface area contributed by atoms with Crippen molar-refractivity contribution in [1.82, 2.24) is 29.1 Å². The number of nitrogen functional groups attached to an aromatic ring is 1. The van der Waals surface area contributed by atoms with E-state index >= 15 is 8.78 Å². The van der Waals surface area contributed by atoms with E-state index in [9.17, 15) is 28.4 Å². The van der Waals surface area contributed by atoms with E-state index in [1.807, 2.05) is 4.98 Å². The van der Waals surface area contributed by atoms with Gasteiger partial charge in [0.05, 0.1) is 32.2 Å². The molecule has 2 aliphatic rings. The van der Waals surface area contributed by atoms with Gasteiger partial charge in [-0.05, 0) is 53.3 Å². The van der Waals surface area contributed by atoms with Crippen molar-refractivity contribution in [1.29, 1.82) is 0 Å². The third-order valence-corrected chi connectivity index (χ3v) is 13.8. The van der Waals surface area contributed by atoms with E-state index < -0.39 is 88.2 Å². The van der Waals surface area contributed by atoms with Crippen molar-refractivity contribution in [3.63, 3.8) is 0 Å². The van der Waals surface area contributed by atoms with Gasteiger partial charge in [-0.15, -0.1) is 0 Å². The quantitative estimate of drug-likeness (QED) is 0.102. The standard InChI is InChI=1S/C34H35F2N7O14P2S/c1-50-20-9-5-19(6-10-20)33(45)54-21-7-3-18(4-8-21)15-60-59(49)53-14-23(51-2)27(29(36)43-17-40-26-30(37)38-16-39-31(26)43)56-58(47,48)52-13-22-25(35)28(57-59)32(55-22)42-12-11-24(44)41-34(42)46/h3-12,16-17,22-23,25,27-29,32H,13-15H2,1-2H3,(H,47,48)(H2,37,38,39)(H,41,44,46)/t22-,23-,25-,27-,28-,29+,32-,59?/m1/s1. The highest BCUT2D eigenvalue weighted by Gasteiger charge is 2.53. The number of phosphoric acid groups is 1. The number of hydrogen-bond acceptors (Lipinski definition) is 18. The summed E-state index contributed by atoms with van der Waals surface area (Å²) >= 11 is 0.548. The Balaban J connectivity index is 1.18. The number of ether oxygens (including phenoxy) is 4. The van der Waals surface area contributed by atoms with Crippen molar-refractivity contribution in [2.75, 3.05) is 33.2 Å². The molecule has 7 rings (SSSR count). The summed E-state index contributed by atoms with van der Waals surface area (Å²) in [7, 11) is -2.78. The fraction of sp³-hybridized carbons (Fsp3) is 0.353. The van der Waals surface area contributed by atoms with Gasteiger partial charge in [-0.1, -0.05) is 12.1 Å². The maximum absolute atomic E-state index is 16.6. The molecule has 0 spiro atoms. The Morgan fingerprint density at radius 1 is 1.03 bits per heavy atom. The van der Waals surface area contributed by atoms with Crippen LogP contribution < -0.4 is 26.5 Å². The second kappa shape index (κ2) is 18.0. The summed E-state index contributed by atoms with van der Waals surface area (Å²) in [5.74, 6) is -0.167. The van der Waals surface area contributed by atoms with Crippen LogP contribution in [0.3, 0.4) is 0 Å². The minimum atomic E-state index is -5.35. The summed E-state index contributed by atoms with van der Waals surface area (Å²) in [5.41, 5.74) is 4.62. The Morgan fingerprint density at radius 3 is 2.47 bits per heavy atom. The largest absolute Gasteiger partial charge is 0.497 e. The molecule has 2 aromatic carbocycles. The van der Waals surface area contributed by atoms with Gasteiger partial charge in [-0.2, -0.15) is 0 Å². The van der Waals surface area contributed by atoms with E-state index in [0.29, 0.717) is 22.7 Å². The zero-order valence-electron chi connectivity index (χ0n) is 31.2. The summed E-state index contributed by atoms with van der Waals surface area (Å²) in [6, 6.07) is 13.2. The highest BCUT2D eigenvalue weighted by Crippen LogP contribution is 2.64. The van der Waals surface area contributed by atoms with Crippen molar-refractivity contribution < 1.29 is 64.6 Å². The van der Waals surface area contributed by atoms with E-state index in [-0.39, 0.29) is 34.0 Å². The number of hydrogen-bond donors (Lipinski definition) is 3. The lowest BCUT2D eigenvalue weighted by molar-refractivity contribution is -0.0935. The van der Waals surface area contributed by atoms with E-state index in [0.717, 1.165) is 41.2 Å². The molecule has 5 aromatic rings. The third kappa shape index (κ3) is 9.52. The number of halogens is 2. The molecule has 4 N–H and O–H groups in total. The van der Waals surface area contributed by atoms with Crippen LogP contribution >= 0.6 is 26.0 Å². The number of carbonyl (C=O) groups excluding carboxylic acids is 1. The van der Waals surface area contributed by atoms with E-state index in [4.69, 9.17) is 42.8 Å². The fourth-order valence-corrected chi connectivity index (χ4v) is 10.4. The second-order valence-electron chi connectivity index (χ2n) is 12.9. The zero-order chi connectivity index (χ0) is 42.8. The van der Waals surface area contributed by atoms with Crippen LogP contribution in [-0.4, -0.2) is 98.0 Å². The molecule has 2 unspecified atom stereocenters. The number of anilines is 1. The van der Waals surface area contributed by atoms with Gasteiger partial charge in [0.1, 0.15) is 47.8 Å². The van der Waals surface area contributed by atoms with Crippen LogP contribution in [0.1, 0.15) is 28.4 Å². The van der Waals surface area contributed by atoms with Gasteiger partial charge in [0.15, 0.2) is 23.9 Å². The molecule has 320 valence electrons. The average Bonchev–Trinajstić information content (AvgIpc) is 3.80. The number of nitrogens with two attached hydrogens (primary N) is 1. The molecular formula is C34H35F2N7O14P2S. The molecule has 2 aliphatic heterocycles. The number of alkyl halides is 2. The molecule has 5 heterocycles. The molecule has 2 saturated heterocycles. The molecule has 21 nitrogen and oxygen atoms in total. The number of methoxy groups -OCH3 is 2. The van der Waals surface area contributed by atoms with Gasteiger partial charge < -0.3 is 29.6 Å². The monoisotopic (exact) mass is 897 g/mol. The van der Waals surface area contributed by atoms with Gasteiger partial charge in [-0.3, -0.25) is 37.0 Å². The Morgan fingerprint density at radius 2 is 1.77 bits per heavy atom. The third-order valence-electron chi connectivity index (χ3n) is 9.14. The van der Waals surface area contributed by atoms with Crippen molar-refractivity contribution >= 4 is 49.0 Å². The number of H-pyrrole nitrogens is 1. The smallest absolute Gasteiger partial charge is 0.472 e. The van der Waals surface area contributed by atoms with Crippen LogP contribution in [0, 0.1) is 0 Å². The molecule has 60 heavy (non-hydrogen) atoms. The lowest BCUT2D eigenvalue weighted by Gasteiger charge is -2.31. The molecule has 26 heteroatoms. The minimum Gasteiger partial charge on any atom is -0.497 e. The molecular weight excluding hydrogens is 862 g/mol. The fourth-order valence-electron chi connectivity index (χ4n) is 6.06. The van der Waals surface area contributed by atoms with Gasteiger partial charge in [0.25, 0.3) is 5.56 Å². The number of aromatic amines is 1. The van der Waals surface area contributed by atoms with E-state index in [2.05, 4.69) is 15.0 Å². The maximum atomic E-state index is 16.6. The SMILES string of the molecule is COc1ccc(C(=O)Oc2ccc(CSP3(=O)OC[C@@H](OC)[C@H]([C@@H](F)n4cnc5c(N)ncnc54)OP(=O)(O)OC[C@H]4O[C@@H](n5ccc(=O)[nH]c5=O)[C@H](O3)[C@@H]4F)cc2)cc1. The number of esters is 1. The molecule has 9 atom stereocenters. The molecule has 2 fully saturated rings. The number of benzene rings is 2. The number of nitrogens with one attached hydrogen (secondary N) is 1. The summed E-state index contributed by atoms with van der Waals surface area (Å²) < 4.78 is 107. The molecule has 2 bridgehead atoms. The van der Waals surface area contributed by atoms with Crippen molar-refractivity contribution in [3.05, 3.63) is 105 Å².